The summed E-state index contributed by atoms with van der Waals surface area (Å²) in [5, 5.41) is 3.85. The van der Waals surface area contributed by atoms with Gasteiger partial charge in [0.15, 0.2) is 0 Å². The van der Waals surface area contributed by atoms with Gasteiger partial charge in [-0.1, -0.05) is 41.9 Å². The lowest BCUT2D eigenvalue weighted by molar-refractivity contribution is -0.131. The van der Waals surface area contributed by atoms with Crippen molar-refractivity contribution in [3.8, 4) is 5.75 Å². The summed E-state index contributed by atoms with van der Waals surface area (Å²) in [6.07, 6.45) is 1.29. The third-order valence-corrected chi connectivity index (χ3v) is 5.40. The lowest BCUT2D eigenvalue weighted by atomic mass is 9.73. The van der Waals surface area contributed by atoms with E-state index in [0.717, 1.165) is 16.9 Å². The summed E-state index contributed by atoms with van der Waals surface area (Å²) in [5.74, 6) is 0.861. The highest BCUT2D eigenvalue weighted by atomic mass is 35.5. The van der Waals surface area contributed by atoms with E-state index < -0.39 is 5.41 Å². The van der Waals surface area contributed by atoms with E-state index in [-0.39, 0.29) is 11.9 Å². The Bertz CT molecular complexity index is 786. The van der Waals surface area contributed by atoms with Gasteiger partial charge in [-0.15, -0.1) is 0 Å². The van der Waals surface area contributed by atoms with Gasteiger partial charge in [-0.05, 0) is 36.6 Å². The van der Waals surface area contributed by atoms with E-state index in [0.29, 0.717) is 37.7 Å². The molecule has 0 radical (unpaired) electrons. The number of nitrogens with one attached hydrogen (secondary N) is 1. The highest BCUT2D eigenvalue weighted by Gasteiger charge is 2.43. The minimum absolute atomic E-state index is 0.0170. The molecular weight excluding hydrogens is 338 g/mol. The summed E-state index contributed by atoms with van der Waals surface area (Å²) in [6.45, 7) is 1.60. The van der Waals surface area contributed by atoms with Crippen LogP contribution < -0.4 is 10.1 Å². The van der Waals surface area contributed by atoms with E-state index >= 15 is 0 Å². The zero-order valence-corrected chi connectivity index (χ0v) is 14.6. The van der Waals surface area contributed by atoms with E-state index in [1.54, 1.807) is 0 Å². The van der Waals surface area contributed by atoms with Crippen LogP contribution in [0.5, 0.6) is 5.75 Å². The highest BCUT2D eigenvalue weighted by molar-refractivity contribution is 6.30. The van der Waals surface area contributed by atoms with Crippen LogP contribution in [0.4, 0.5) is 0 Å². The van der Waals surface area contributed by atoms with E-state index in [4.69, 9.17) is 21.1 Å². The summed E-state index contributed by atoms with van der Waals surface area (Å²) in [7, 11) is 0. The molecule has 130 valence electrons. The number of rotatable bonds is 3. The van der Waals surface area contributed by atoms with Gasteiger partial charge in [0, 0.05) is 23.8 Å². The number of amides is 1. The van der Waals surface area contributed by atoms with Crippen molar-refractivity contribution in [3.05, 3.63) is 64.7 Å². The van der Waals surface area contributed by atoms with E-state index in [2.05, 4.69) is 5.32 Å². The zero-order valence-electron chi connectivity index (χ0n) is 13.8. The molecule has 1 fully saturated rings. The van der Waals surface area contributed by atoms with Crippen LogP contribution in [0.15, 0.2) is 48.5 Å². The van der Waals surface area contributed by atoms with Gasteiger partial charge in [-0.3, -0.25) is 4.79 Å². The van der Waals surface area contributed by atoms with Crippen molar-refractivity contribution >= 4 is 17.5 Å². The van der Waals surface area contributed by atoms with Crippen LogP contribution >= 0.6 is 11.6 Å². The van der Waals surface area contributed by atoms with Crippen LogP contribution in [-0.2, 0) is 14.9 Å². The third kappa shape index (κ3) is 3.00. The molecule has 2 aromatic carbocycles. The van der Waals surface area contributed by atoms with Gasteiger partial charge in [-0.25, -0.2) is 0 Å². The Morgan fingerprint density at radius 1 is 1.12 bits per heavy atom. The number of para-hydroxylation sites is 1. The van der Waals surface area contributed by atoms with Crippen molar-refractivity contribution in [1.29, 1.82) is 0 Å². The molecule has 2 aliphatic rings. The van der Waals surface area contributed by atoms with Gasteiger partial charge in [0.1, 0.15) is 12.4 Å². The normalized spacial score (nSPS) is 21.2. The summed E-state index contributed by atoms with van der Waals surface area (Å²) >= 11 is 6.19. The number of halogens is 1. The van der Waals surface area contributed by atoms with Gasteiger partial charge >= 0.3 is 0 Å². The minimum atomic E-state index is -0.610. The maximum atomic E-state index is 13.3. The number of benzene rings is 2. The van der Waals surface area contributed by atoms with Gasteiger partial charge in [0.2, 0.25) is 5.91 Å². The fourth-order valence-corrected chi connectivity index (χ4v) is 3.92. The molecule has 0 aliphatic carbocycles. The van der Waals surface area contributed by atoms with Crippen molar-refractivity contribution in [2.45, 2.75) is 24.3 Å². The molecule has 1 atom stereocenters. The summed E-state index contributed by atoms with van der Waals surface area (Å²) in [4.78, 5) is 13.3. The Kier molecular flexibility index (Phi) is 4.40. The van der Waals surface area contributed by atoms with Crippen LogP contribution in [0.1, 0.15) is 30.0 Å². The quantitative estimate of drug-likeness (QED) is 0.912. The number of hydrogen-bond donors (Lipinski definition) is 1. The molecule has 25 heavy (non-hydrogen) atoms. The molecule has 1 amide bonds. The molecular formula is C20H20ClNO3. The Hall–Kier alpha value is -2.04. The Labute approximate surface area is 152 Å². The first kappa shape index (κ1) is 16.4. The first-order valence-electron chi connectivity index (χ1n) is 8.55. The SMILES string of the molecule is O=C(N[C@@H]1COc2ccccc21)C1(c2cccc(Cl)c2)CCOCC1. The third-order valence-electron chi connectivity index (χ3n) is 5.16. The summed E-state index contributed by atoms with van der Waals surface area (Å²) < 4.78 is 11.2. The Balaban J connectivity index is 1.63. The molecule has 2 aromatic rings. The molecule has 0 aromatic heterocycles. The second-order valence-electron chi connectivity index (χ2n) is 6.58. The first-order chi connectivity index (χ1) is 12.2. The molecule has 1 N–H and O–H groups in total. The summed E-state index contributed by atoms with van der Waals surface area (Å²) in [6, 6.07) is 15.3. The van der Waals surface area contributed by atoms with Crippen LogP contribution in [0.25, 0.3) is 0 Å². The molecule has 4 nitrogen and oxygen atoms in total. The molecule has 0 unspecified atom stereocenters. The van der Waals surface area contributed by atoms with Crippen molar-refractivity contribution in [3.63, 3.8) is 0 Å². The maximum absolute atomic E-state index is 13.3. The number of carbonyl (C=O) groups excluding carboxylic acids is 1. The lowest BCUT2D eigenvalue weighted by Gasteiger charge is -2.37. The van der Waals surface area contributed by atoms with Gasteiger partial charge in [0.05, 0.1) is 11.5 Å². The number of hydrogen-bond acceptors (Lipinski definition) is 3. The average molecular weight is 358 g/mol. The Morgan fingerprint density at radius 2 is 1.92 bits per heavy atom. The lowest BCUT2D eigenvalue weighted by Crippen LogP contribution is -2.49. The predicted octanol–water partition coefficient (Wildman–Crippen LogP) is 3.64. The summed E-state index contributed by atoms with van der Waals surface area (Å²) in [5.41, 5.74) is 1.37. The molecule has 1 saturated heterocycles. The van der Waals surface area contributed by atoms with E-state index in [1.807, 2.05) is 48.5 Å². The molecule has 0 bridgehead atoms. The number of carbonyl (C=O) groups is 1. The predicted molar refractivity (Wildman–Crippen MR) is 96.0 cm³/mol. The Morgan fingerprint density at radius 3 is 2.72 bits per heavy atom. The van der Waals surface area contributed by atoms with E-state index in [9.17, 15) is 4.79 Å². The largest absolute Gasteiger partial charge is 0.491 e. The topological polar surface area (TPSA) is 47.6 Å². The van der Waals surface area contributed by atoms with Gasteiger partial charge < -0.3 is 14.8 Å². The highest BCUT2D eigenvalue weighted by Crippen LogP contribution is 2.38. The molecule has 4 rings (SSSR count). The standard InChI is InChI=1S/C20H20ClNO3/c21-15-5-3-4-14(12-15)20(8-10-24-11-9-20)19(23)22-17-13-25-18-7-2-1-6-16(17)18/h1-7,12,17H,8-11,13H2,(H,22,23)/t17-/m1/s1. The van der Waals surface area contributed by atoms with Crippen molar-refractivity contribution in [1.82, 2.24) is 5.32 Å². The maximum Gasteiger partial charge on any atom is 0.231 e. The number of fused-ring (bicyclic) bond motifs is 1. The average Bonchev–Trinajstić information content (AvgIpc) is 3.05. The second kappa shape index (κ2) is 6.70. The second-order valence-corrected chi connectivity index (χ2v) is 7.02. The molecule has 5 heteroatoms. The first-order valence-corrected chi connectivity index (χ1v) is 8.93. The fourth-order valence-electron chi connectivity index (χ4n) is 3.73. The zero-order chi connectivity index (χ0) is 17.3. The van der Waals surface area contributed by atoms with Crippen LogP contribution in [0.2, 0.25) is 5.02 Å². The molecule has 0 saturated carbocycles. The van der Waals surface area contributed by atoms with Crippen molar-refractivity contribution in [2.24, 2.45) is 0 Å². The van der Waals surface area contributed by atoms with Crippen molar-refractivity contribution < 1.29 is 14.3 Å². The fraction of sp³-hybridized carbons (Fsp3) is 0.350. The van der Waals surface area contributed by atoms with Gasteiger partial charge in [0.25, 0.3) is 0 Å². The molecule has 2 aliphatic heterocycles. The van der Waals surface area contributed by atoms with E-state index in [1.165, 1.54) is 0 Å². The number of ether oxygens (including phenoxy) is 2. The van der Waals surface area contributed by atoms with Gasteiger partial charge in [-0.2, -0.15) is 0 Å². The molecule has 0 spiro atoms. The molecule has 2 heterocycles. The smallest absolute Gasteiger partial charge is 0.231 e. The minimum Gasteiger partial charge on any atom is -0.491 e. The van der Waals surface area contributed by atoms with Crippen LogP contribution in [0.3, 0.4) is 0 Å². The van der Waals surface area contributed by atoms with Crippen LogP contribution in [0, 0.1) is 0 Å². The van der Waals surface area contributed by atoms with Crippen LogP contribution in [-0.4, -0.2) is 25.7 Å². The van der Waals surface area contributed by atoms with Crippen molar-refractivity contribution in [2.75, 3.05) is 19.8 Å². The monoisotopic (exact) mass is 357 g/mol.